The van der Waals surface area contributed by atoms with E-state index in [1.165, 1.54) is 4.57 Å². The first kappa shape index (κ1) is 21.1. The van der Waals surface area contributed by atoms with E-state index in [1.54, 1.807) is 49.3 Å². The van der Waals surface area contributed by atoms with Gasteiger partial charge in [0.05, 0.1) is 20.5 Å². The summed E-state index contributed by atoms with van der Waals surface area (Å²) in [7, 11) is 3.12. The van der Waals surface area contributed by atoms with Gasteiger partial charge in [-0.05, 0) is 43.2 Å². The molecular formula is C23H22N4O5. The van der Waals surface area contributed by atoms with Crippen LogP contribution >= 0.6 is 0 Å². The summed E-state index contributed by atoms with van der Waals surface area (Å²) in [6, 6.07) is 9.00. The van der Waals surface area contributed by atoms with E-state index < -0.39 is 11.2 Å². The van der Waals surface area contributed by atoms with Crippen molar-refractivity contribution in [3.63, 3.8) is 0 Å². The molecule has 3 aromatic heterocycles. The quantitative estimate of drug-likeness (QED) is 0.467. The molecule has 1 aromatic carbocycles. The van der Waals surface area contributed by atoms with Crippen molar-refractivity contribution in [1.29, 1.82) is 0 Å². The number of furan rings is 1. The maximum Gasteiger partial charge on any atom is 0.330 e. The minimum Gasteiger partial charge on any atom is -0.493 e. The van der Waals surface area contributed by atoms with Crippen molar-refractivity contribution in [2.24, 2.45) is 0 Å². The molecule has 0 aliphatic rings. The van der Waals surface area contributed by atoms with Gasteiger partial charge in [-0.15, -0.1) is 0 Å². The second kappa shape index (κ2) is 8.89. The number of methoxy groups -OCH3 is 2. The number of imidazole rings is 1. The lowest BCUT2D eigenvalue weighted by Crippen LogP contribution is -2.30. The Labute approximate surface area is 183 Å². The fourth-order valence-electron chi connectivity index (χ4n) is 3.50. The first-order valence-electron chi connectivity index (χ1n) is 10.1. The van der Waals surface area contributed by atoms with Crippen LogP contribution < -0.4 is 20.7 Å². The average molecular weight is 434 g/mol. The third kappa shape index (κ3) is 3.90. The van der Waals surface area contributed by atoms with Crippen molar-refractivity contribution in [2.75, 3.05) is 14.2 Å². The molecule has 0 unspecified atom stereocenters. The van der Waals surface area contributed by atoms with Gasteiger partial charge in [0.1, 0.15) is 5.76 Å². The highest BCUT2D eigenvalue weighted by Gasteiger charge is 2.17. The number of H-pyrrole nitrogens is 1. The molecule has 1 N–H and O–H groups in total. The van der Waals surface area contributed by atoms with Crippen molar-refractivity contribution in [3.05, 3.63) is 74.6 Å². The van der Waals surface area contributed by atoms with Gasteiger partial charge in [-0.25, -0.2) is 9.78 Å². The number of benzene rings is 1. The summed E-state index contributed by atoms with van der Waals surface area (Å²) in [4.78, 5) is 31.8. The maximum atomic E-state index is 12.7. The lowest BCUT2D eigenvalue weighted by molar-refractivity contribution is 0.355. The van der Waals surface area contributed by atoms with Gasteiger partial charge in [-0.3, -0.25) is 14.3 Å². The molecule has 32 heavy (non-hydrogen) atoms. The van der Waals surface area contributed by atoms with Crippen LogP contribution in [-0.4, -0.2) is 33.3 Å². The summed E-state index contributed by atoms with van der Waals surface area (Å²) in [6.07, 6.45) is 2.13. The lowest BCUT2D eigenvalue weighted by Gasteiger charge is -2.07. The monoisotopic (exact) mass is 434 g/mol. The van der Waals surface area contributed by atoms with E-state index in [0.717, 1.165) is 5.76 Å². The molecule has 9 heteroatoms. The van der Waals surface area contributed by atoms with Crippen LogP contribution in [0.3, 0.4) is 0 Å². The molecule has 0 amide bonds. The van der Waals surface area contributed by atoms with Gasteiger partial charge in [0, 0.05) is 25.1 Å². The molecule has 4 rings (SSSR count). The Bertz CT molecular complexity index is 1430. The van der Waals surface area contributed by atoms with E-state index in [0.29, 0.717) is 53.6 Å². The predicted octanol–water partition coefficient (Wildman–Crippen LogP) is 2.16. The number of aromatic nitrogens is 4. The standard InChI is InChI=1S/C23H22N4O5/c1-4-26-21-20(22(28)25-23(26)29)27(12-11-16-6-5-13-32-16)19(24-21)10-8-15-7-9-17(30-2)18(14-15)31-3/h5-7,9,13-14H,4,11-12H2,1-3H3,(H,25,28,29). The second-order valence-corrected chi connectivity index (χ2v) is 6.91. The SMILES string of the molecule is CCn1c(=O)[nH]c(=O)c2c1nc(C#Cc1ccc(OC)c(OC)c1)n2CCc1ccco1. The van der Waals surface area contributed by atoms with E-state index in [4.69, 9.17) is 13.9 Å². The van der Waals surface area contributed by atoms with Crippen molar-refractivity contribution < 1.29 is 13.9 Å². The number of aromatic amines is 1. The molecule has 0 aliphatic heterocycles. The lowest BCUT2D eigenvalue weighted by atomic mass is 10.2. The molecule has 0 spiro atoms. The van der Waals surface area contributed by atoms with Gasteiger partial charge in [0.25, 0.3) is 5.56 Å². The van der Waals surface area contributed by atoms with Crippen LogP contribution in [0, 0.1) is 11.8 Å². The van der Waals surface area contributed by atoms with Crippen LogP contribution in [-0.2, 0) is 19.5 Å². The molecule has 3 heterocycles. The third-order valence-corrected chi connectivity index (χ3v) is 5.07. The summed E-state index contributed by atoms with van der Waals surface area (Å²) in [6.45, 7) is 2.59. The van der Waals surface area contributed by atoms with Crippen molar-refractivity contribution in [1.82, 2.24) is 19.1 Å². The summed E-state index contributed by atoms with van der Waals surface area (Å²) < 4.78 is 19.1. The van der Waals surface area contributed by atoms with Crippen LogP contribution in [0.1, 0.15) is 24.1 Å². The number of nitrogens with one attached hydrogen (secondary N) is 1. The minimum atomic E-state index is -0.500. The molecule has 164 valence electrons. The van der Waals surface area contributed by atoms with Crippen molar-refractivity contribution >= 4 is 11.2 Å². The number of ether oxygens (including phenoxy) is 2. The zero-order chi connectivity index (χ0) is 22.7. The Balaban J connectivity index is 1.84. The Kier molecular flexibility index (Phi) is 5.85. The number of fused-ring (bicyclic) bond motifs is 1. The zero-order valence-electron chi connectivity index (χ0n) is 18.0. The van der Waals surface area contributed by atoms with Crippen LogP contribution in [0.4, 0.5) is 0 Å². The Hall–Kier alpha value is -4.19. The Morgan fingerprint density at radius 1 is 1.09 bits per heavy atom. The summed E-state index contributed by atoms with van der Waals surface area (Å²) in [5.74, 6) is 8.40. The highest BCUT2D eigenvalue weighted by atomic mass is 16.5. The Morgan fingerprint density at radius 2 is 1.91 bits per heavy atom. The predicted molar refractivity (Wildman–Crippen MR) is 118 cm³/mol. The topological polar surface area (TPSA) is 104 Å². The minimum absolute atomic E-state index is 0.301. The number of nitrogens with zero attached hydrogens (tertiary/aromatic N) is 3. The molecule has 4 aromatic rings. The zero-order valence-corrected chi connectivity index (χ0v) is 18.0. The maximum absolute atomic E-state index is 12.7. The number of aryl methyl sites for hydroxylation is 3. The van der Waals surface area contributed by atoms with Gasteiger partial charge in [0.15, 0.2) is 28.5 Å². The van der Waals surface area contributed by atoms with E-state index in [1.807, 2.05) is 13.0 Å². The fourth-order valence-corrected chi connectivity index (χ4v) is 3.50. The van der Waals surface area contributed by atoms with Gasteiger partial charge >= 0.3 is 5.69 Å². The third-order valence-electron chi connectivity index (χ3n) is 5.07. The first-order valence-corrected chi connectivity index (χ1v) is 10.1. The highest BCUT2D eigenvalue weighted by Crippen LogP contribution is 2.27. The van der Waals surface area contributed by atoms with Gasteiger partial charge < -0.3 is 18.5 Å². The van der Waals surface area contributed by atoms with Crippen molar-refractivity contribution in [2.45, 2.75) is 26.4 Å². The first-order chi connectivity index (χ1) is 15.5. The number of hydrogen-bond donors (Lipinski definition) is 1. The summed E-state index contributed by atoms with van der Waals surface area (Å²) >= 11 is 0. The highest BCUT2D eigenvalue weighted by molar-refractivity contribution is 5.72. The van der Waals surface area contributed by atoms with E-state index in [9.17, 15) is 9.59 Å². The summed E-state index contributed by atoms with van der Waals surface area (Å²) in [5, 5.41) is 0. The summed E-state index contributed by atoms with van der Waals surface area (Å²) in [5.41, 5.74) is 0.293. The molecule has 0 bridgehead atoms. The molecular weight excluding hydrogens is 412 g/mol. The van der Waals surface area contributed by atoms with E-state index in [-0.39, 0.29) is 0 Å². The van der Waals surface area contributed by atoms with Crippen LogP contribution in [0.2, 0.25) is 0 Å². The number of hydrogen-bond acceptors (Lipinski definition) is 6. The molecule has 0 radical (unpaired) electrons. The van der Waals surface area contributed by atoms with Gasteiger partial charge in [-0.2, -0.15) is 0 Å². The molecule has 0 saturated carbocycles. The second-order valence-electron chi connectivity index (χ2n) is 6.91. The molecule has 0 aliphatic carbocycles. The Morgan fingerprint density at radius 3 is 2.59 bits per heavy atom. The van der Waals surface area contributed by atoms with E-state index >= 15 is 0 Å². The fraction of sp³-hybridized carbons (Fsp3) is 0.261. The molecule has 9 nitrogen and oxygen atoms in total. The van der Waals surface area contributed by atoms with Crippen LogP contribution in [0.5, 0.6) is 11.5 Å². The molecule has 0 saturated heterocycles. The largest absolute Gasteiger partial charge is 0.493 e. The smallest absolute Gasteiger partial charge is 0.330 e. The van der Waals surface area contributed by atoms with Crippen LogP contribution in [0.25, 0.3) is 11.2 Å². The molecule has 0 atom stereocenters. The van der Waals surface area contributed by atoms with Gasteiger partial charge in [0.2, 0.25) is 0 Å². The van der Waals surface area contributed by atoms with Crippen LogP contribution in [0.15, 0.2) is 50.6 Å². The van der Waals surface area contributed by atoms with Gasteiger partial charge in [-0.1, -0.05) is 5.92 Å². The van der Waals surface area contributed by atoms with Crippen molar-refractivity contribution in [3.8, 4) is 23.3 Å². The normalized spacial score (nSPS) is 10.7. The average Bonchev–Trinajstić information content (AvgIpc) is 3.44. The number of rotatable bonds is 6. The van der Waals surface area contributed by atoms with E-state index in [2.05, 4.69) is 21.8 Å². The molecule has 0 fully saturated rings.